The molecule has 1 amide bonds. The summed E-state index contributed by atoms with van der Waals surface area (Å²) in [6, 6.07) is 3.03. The Balaban J connectivity index is 1.69. The van der Waals surface area contributed by atoms with Gasteiger partial charge in [0.1, 0.15) is 17.1 Å². The lowest BCUT2D eigenvalue weighted by molar-refractivity contribution is 0.0108. The van der Waals surface area contributed by atoms with E-state index in [1.165, 1.54) is 0 Å². The quantitative estimate of drug-likeness (QED) is 0.871. The normalized spacial score (nSPS) is 19.1. The van der Waals surface area contributed by atoms with Crippen molar-refractivity contribution in [3.63, 3.8) is 0 Å². The van der Waals surface area contributed by atoms with Crippen molar-refractivity contribution in [2.75, 3.05) is 32.8 Å². The first-order chi connectivity index (χ1) is 12.2. The largest absolute Gasteiger partial charge is 0.507 e. The molecule has 2 aliphatic rings. The van der Waals surface area contributed by atoms with Crippen molar-refractivity contribution in [3.05, 3.63) is 23.3 Å². The predicted molar refractivity (Wildman–Crippen MR) is 95.7 cm³/mol. The molecule has 1 N–H and O–H groups in total. The SMILES string of the molecule is C[C@H](c1c(O)ccc2c1OCC2=O)N1CCN(C(=O)OC(C)(C)C)CC1. The standard InChI is InChI=1S/C19H26N2O5/c1-12(16-14(22)6-5-13-15(23)11-25-17(13)16)20-7-9-21(10-8-20)18(24)26-19(2,3)4/h5-6,12,22H,7-11H2,1-4H3/t12-/m1/s1. The Morgan fingerprint density at radius 3 is 2.50 bits per heavy atom. The van der Waals surface area contributed by atoms with Crippen molar-refractivity contribution in [1.82, 2.24) is 9.80 Å². The van der Waals surface area contributed by atoms with Gasteiger partial charge in [-0.15, -0.1) is 0 Å². The molecule has 2 heterocycles. The maximum absolute atomic E-state index is 12.2. The van der Waals surface area contributed by atoms with Crippen molar-refractivity contribution < 1.29 is 24.2 Å². The van der Waals surface area contributed by atoms with Gasteiger partial charge >= 0.3 is 6.09 Å². The van der Waals surface area contributed by atoms with E-state index in [-0.39, 0.29) is 30.3 Å². The number of Topliss-reactive ketones (excluding diaryl/α,β-unsaturated/α-hetero) is 1. The van der Waals surface area contributed by atoms with Gasteiger partial charge in [-0.25, -0.2) is 4.79 Å². The zero-order valence-corrected chi connectivity index (χ0v) is 15.7. The summed E-state index contributed by atoms with van der Waals surface area (Å²) >= 11 is 0. The third kappa shape index (κ3) is 3.62. The fourth-order valence-electron chi connectivity index (χ4n) is 3.38. The second kappa shape index (κ2) is 6.79. The molecule has 2 aliphatic heterocycles. The number of benzene rings is 1. The molecule has 0 radical (unpaired) electrons. The minimum Gasteiger partial charge on any atom is -0.507 e. The summed E-state index contributed by atoms with van der Waals surface area (Å²) in [7, 11) is 0. The number of aromatic hydroxyl groups is 1. The predicted octanol–water partition coefficient (Wildman–Crippen LogP) is 2.58. The summed E-state index contributed by atoms with van der Waals surface area (Å²) < 4.78 is 10.9. The van der Waals surface area contributed by atoms with Crippen LogP contribution in [-0.2, 0) is 4.74 Å². The van der Waals surface area contributed by atoms with Crippen molar-refractivity contribution in [2.45, 2.75) is 39.3 Å². The smallest absolute Gasteiger partial charge is 0.410 e. The molecule has 7 heteroatoms. The van der Waals surface area contributed by atoms with E-state index >= 15 is 0 Å². The summed E-state index contributed by atoms with van der Waals surface area (Å²) in [4.78, 5) is 27.9. The van der Waals surface area contributed by atoms with Gasteiger partial charge in [-0.2, -0.15) is 0 Å². The Morgan fingerprint density at radius 2 is 1.88 bits per heavy atom. The molecular formula is C19H26N2O5. The second-order valence-electron chi connectivity index (χ2n) is 7.77. The lowest BCUT2D eigenvalue weighted by atomic mass is 9.99. The summed E-state index contributed by atoms with van der Waals surface area (Å²) in [5.74, 6) is 0.542. The van der Waals surface area contributed by atoms with Crippen LogP contribution in [0.2, 0.25) is 0 Å². The Kier molecular flexibility index (Phi) is 4.84. The van der Waals surface area contributed by atoms with Gasteiger partial charge in [0.15, 0.2) is 6.61 Å². The molecule has 0 aliphatic carbocycles. The number of piperazine rings is 1. The zero-order valence-electron chi connectivity index (χ0n) is 15.7. The molecule has 0 spiro atoms. The van der Waals surface area contributed by atoms with E-state index in [1.54, 1.807) is 17.0 Å². The van der Waals surface area contributed by atoms with E-state index in [2.05, 4.69) is 4.90 Å². The highest BCUT2D eigenvalue weighted by atomic mass is 16.6. The molecule has 0 bridgehead atoms. The van der Waals surface area contributed by atoms with E-state index in [1.807, 2.05) is 27.7 Å². The molecule has 1 atom stereocenters. The maximum Gasteiger partial charge on any atom is 0.410 e. The van der Waals surface area contributed by atoms with Crippen LogP contribution in [0.5, 0.6) is 11.5 Å². The molecule has 1 saturated heterocycles. The van der Waals surface area contributed by atoms with Crippen LogP contribution in [0.3, 0.4) is 0 Å². The van der Waals surface area contributed by atoms with Crippen molar-refractivity contribution in [1.29, 1.82) is 0 Å². The molecule has 7 nitrogen and oxygen atoms in total. The van der Waals surface area contributed by atoms with Crippen LogP contribution in [-0.4, -0.2) is 65.2 Å². The van der Waals surface area contributed by atoms with Gasteiger partial charge in [-0.1, -0.05) is 0 Å². The number of amides is 1. The highest BCUT2D eigenvalue weighted by Crippen LogP contribution is 2.41. The molecule has 0 aromatic heterocycles. The van der Waals surface area contributed by atoms with Crippen LogP contribution >= 0.6 is 0 Å². The van der Waals surface area contributed by atoms with E-state index in [0.717, 1.165) is 0 Å². The zero-order chi connectivity index (χ0) is 19.1. The lowest BCUT2D eigenvalue weighted by Gasteiger charge is -2.38. The summed E-state index contributed by atoms with van der Waals surface area (Å²) in [6.45, 7) is 9.95. The average molecular weight is 362 g/mol. The van der Waals surface area contributed by atoms with Crippen LogP contribution in [0.15, 0.2) is 12.1 Å². The summed E-state index contributed by atoms with van der Waals surface area (Å²) in [5, 5.41) is 10.3. The Bertz CT molecular complexity index is 717. The fourth-order valence-corrected chi connectivity index (χ4v) is 3.38. The van der Waals surface area contributed by atoms with Gasteiger partial charge in [0.2, 0.25) is 5.78 Å². The monoisotopic (exact) mass is 362 g/mol. The van der Waals surface area contributed by atoms with Gasteiger partial charge in [-0.05, 0) is 39.8 Å². The fraction of sp³-hybridized carbons (Fsp3) is 0.579. The summed E-state index contributed by atoms with van der Waals surface area (Å²) in [6.07, 6.45) is -0.304. The lowest BCUT2D eigenvalue weighted by Crippen LogP contribution is -2.50. The number of rotatable bonds is 2. The van der Waals surface area contributed by atoms with Crippen LogP contribution in [0.4, 0.5) is 4.79 Å². The Morgan fingerprint density at radius 1 is 1.23 bits per heavy atom. The van der Waals surface area contributed by atoms with E-state index in [0.29, 0.717) is 43.1 Å². The van der Waals surface area contributed by atoms with Crippen LogP contribution in [0.1, 0.15) is 49.7 Å². The Hall–Kier alpha value is -2.28. The number of hydrogen-bond donors (Lipinski definition) is 1. The number of ether oxygens (including phenoxy) is 2. The van der Waals surface area contributed by atoms with E-state index in [9.17, 15) is 14.7 Å². The van der Waals surface area contributed by atoms with E-state index in [4.69, 9.17) is 9.47 Å². The van der Waals surface area contributed by atoms with Gasteiger partial charge in [0.05, 0.1) is 11.1 Å². The number of carbonyl (C=O) groups excluding carboxylic acids is 2. The number of phenols is 1. The number of carbonyl (C=O) groups is 2. The molecule has 1 aromatic rings. The molecule has 26 heavy (non-hydrogen) atoms. The molecule has 3 rings (SSSR count). The highest BCUT2D eigenvalue weighted by Gasteiger charge is 2.33. The van der Waals surface area contributed by atoms with Crippen LogP contribution in [0, 0.1) is 0 Å². The van der Waals surface area contributed by atoms with Crippen molar-refractivity contribution >= 4 is 11.9 Å². The van der Waals surface area contributed by atoms with Crippen LogP contribution < -0.4 is 4.74 Å². The molecule has 142 valence electrons. The first kappa shape index (κ1) is 18.5. The number of ketones is 1. The van der Waals surface area contributed by atoms with Gasteiger partial charge in [-0.3, -0.25) is 9.69 Å². The molecule has 1 aromatic carbocycles. The molecular weight excluding hydrogens is 336 g/mol. The first-order valence-electron chi connectivity index (χ1n) is 8.91. The third-order valence-corrected chi connectivity index (χ3v) is 4.75. The second-order valence-corrected chi connectivity index (χ2v) is 7.77. The van der Waals surface area contributed by atoms with Gasteiger partial charge in [0, 0.05) is 32.2 Å². The molecule has 0 unspecified atom stereocenters. The average Bonchev–Trinajstić information content (AvgIpc) is 2.94. The van der Waals surface area contributed by atoms with Gasteiger partial charge in [0.25, 0.3) is 0 Å². The molecule has 0 saturated carbocycles. The summed E-state index contributed by atoms with van der Waals surface area (Å²) in [5.41, 5.74) is 0.651. The van der Waals surface area contributed by atoms with Crippen LogP contribution in [0.25, 0.3) is 0 Å². The molecule has 1 fully saturated rings. The van der Waals surface area contributed by atoms with Crippen molar-refractivity contribution in [3.8, 4) is 11.5 Å². The van der Waals surface area contributed by atoms with Crippen molar-refractivity contribution in [2.24, 2.45) is 0 Å². The minimum absolute atomic E-state index is 0.0188. The maximum atomic E-state index is 12.2. The minimum atomic E-state index is -0.512. The number of fused-ring (bicyclic) bond motifs is 1. The first-order valence-corrected chi connectivity index (χ1v) is 8.91. The number of hydrogen-bond acceptors (Lipinski definition) is 6. The third-order valence-electron chi connectivity index (χ3n) is 4.75. The Labute approximate surface area is 153 Å². The number of phenolic OH excluding ortho intramolecular Hbond substituents is 1. The number of nitrogens with zero attached hydrogens (tertiary/aromatic N) is 2. The topological polar surface area (TPSA) is 79.3 Å². The van der Waals surface area contributed by atoms with E-state index < -0.39 is 5.60 Å². The van der Waals surface area contributed by atoms with Gasteiger partial charge < -0.3 is 19.5 Å². The highest BCUT2D eigenvalue weighted by molar-refractivity contribution is 6.03.